The number of ketones is 1. The van der Waals surface area contributed by atoms with Crippen molar-refractivity contribution in [3.05, 3.63) is 71.8 Å². The van der Waals surface area contributed by atoms with E-state index in [1.54, 1.807) is 24.3 Å². The fourth-order valence-corrected chi connectivity index (χ4v) is 2.67. The van der Waals surface area contributed by atoms with Crippen molar-refractivity contribution >= 4 is 29.0 Å². The number of carbonyl (C=O) groups is 1. The third-order valence-corrected chi connectivity index (χ3v) is 3.75. The molecule has 104 valence electrons. The highest BCUT2D eigenvalue weighted by Gasteiger charge is 2.44. The molecule has 1 unspecified atom stereocenters. The maximum atomic E-state index is 12.5. The van der Waals surface area contributed by atoms with E-state index in [1.807, 2.05) is 36.4 Å². The minimum atomic E-state index is -1.68. The van der Waals surface area contributed by atoms with E-state index in [0.717, 1.165) is 5.56 Å². The van der Waals surface area contributed by atoms with Crippen LogP contribution in [0.25, 0.3) is 0 Å². The van der Waals surface area contributed by atoms with Gasteiger partial charge in [-0.2, -0.15) is 0 Å². The molecule has 0 aliphatic carbocycles. The van der Waals surface area contributed by atoms with E-state index in [2.05, 4.69) is 0 Å². The molecular formula is C16H14Cl2O2. The van der Waals surface area contributed by atoms with Crippen LogP contribution in [-0.2, 0) is 4.74 Å². The van der Waals surface area contributed by atoms with Crippen LogP contribution in [0, 0.1) is 0 Å². The van der Waals surface area contributed by atoms with Crippen molar-refractivity contribution in [1.29, 1.82) is 0 Å². The second kappa shape index (κ2) is 6.40. The van der Waals surface area contributed by atoms with Gasteiger partial charge in [-0.05, 0) is 5.56 Å². The van der Waals surface area contributed by atoms with E-state index >= 15 is 0 Å². The van der Waals surface area contributed by atoms with Crippen LogP contribution >= 0.6 is 23.2 Å². The summed E-state index contributed by atoms with van der Waals surface area (Å²) >= 11 is 12.6. The van der Waals surface area contributed by atoms with Crippen LogP contribution in [0.4, 0.5) is 0 Å². The van der Waals surface area contributed by atoms with Gasteiger partial charge >= 0.3 is 0 Å². The van der Waals surface area contributed by atoms with E-state index in [1.165, 1.54) is 7.11 Å². The highest BCUT2D eigenvalue weighted by molar-refractivity contribution is 6.60. The van der Waals surface area contributed by atoms with E-state index in [9.17, 15) is 4.79 Å². The number of halogens is 2. The van der Waals surface area contributed by atoms with Gasteiger partial charge in [-0.1, -0.05) is 83.9 Å². The van der Waals surface area contributed by atoms with E-state index in [4.69, 9.17) is 27.9 Å². The first-order chi connectivity index (χ1) is 9.57. The number of methoxy groups -OCH3 is 1. The fourth-order valence-electron chi connectivity index (χ4n) is 2.02. The molecule has 0 bridgehead atoms. The minimum Gasteiger partial charge on any atom is -0.373 e. The number of Topliss-reactive ketones (excluding diaryl/α,β-unsaturated/α-hetero) is 1. The van der Waals surface area contributed by atoms with Gasteiger partial charge in [0.05, 0.1) is 0 Å². The number of rotatable bonds is 5. The third kappa shape index (κ3) is 3.04. The molecule has 0 radical (unpaired) electrons. The molecule has 2 aromatic carbocycles. The van der Waals surface area contributed by atoms with Gasteiger partial charge in [-0.25, -0.2) is 0 Å². The van der Waals surface area contributed by atoms with Gasteiger partial charge in [0.2, 0.25) is 10.1 Å². The number of benzene rings is 2. The molecule has 4 heteroatoms. The Morgan fingerprint density at radius 1 is 1.00 bits per heavy atom. The van der Waals surface area contributed by atoms with E-state index in [-0.39, 0.29) is 5.78 Å². The Labute approximate surface area is 128 Å². The lowest BCUT2D eigenvalue weighted by atomic mass is 9.99. The summed E-state index contributed by atoms with van der Waals surface area (Å²) in [5.41, 5.74) is 1.21. The number of hydrogen-bond acceptors (Lipinski definition) is 2. The molecule has 0 aliphatic heterocycles. The first-order valence-corrected chi connectivity index (χ1v) is 6.88. The second-order valence-electron chi connectivity index (χ2n) is 4.34. The van der Waals surface area contributed by atoms with Crippen LogP contribution in [0.15, 0.2) is 60.7 Å². The maximum absolute atomic E-state index is 12.5. The molecule has 0 heterocycles. The van der Waals surface area contributed by atoms with Crippen molar-refractivity contribution in [2.24, 2.45) is 0 Å². The van der Waals surface area contributed by atoms with Crippen molar-refractivity contribution in [2.75, 3.05) is 7.11 Å². The lowest BCUT2D eigenvalue weighted by Gasteiger charge is -2.27. The smallest absolute Gasteiger partial charge is 0.210 e. The number of alkyl halides is 2. The Morgan fingerprint density at radius 2 is 1.50 bits per heavy atom. The summed E-state index contributed by atoms with van der Waals surface area (Å²) in [6, 6.07) is 17.9. The lowest BCUT2D eigenvalue weighted by molar-refractivity contribution is 0.0682. The second-order valence-corrected chi connectivity index (χ2v) is 5.73. The molecule has 1 atom stereocenters. The first kappa shape index (κ1) is 15.0. The van der Waals surface area contributed by atoms with Crippen LogP contribution < -0.4 is 0 Å². The predicted octanol–water partition coefficient (Wildman–Crippen LogP) is 4.43. The normalized spacial score (nSPS) is 12.9. The highest BCUT2D eigenvalue weighted by Crippen LogP contribution is 2.40. The van der Waals surface area contributed by atoms with E-state index in [0.29, 0.717) is 5.56 Å². The van der Waals surface area contributed by atoms with Crippen molar-refractivity contribution in [3.8, 4) is 0 Å². The van der Waals surface area contributed by atoms with Crippen LogP contribution in [-0.4, -0.2) is 17.2 Å². The highest BCUT2D eigenvalue weighted by atomic mass is 35.5. The van der Waals surface area contributed by atoms with Crippen molar-refractivity contribution in [1.82, 2.24) is 0 Å². The molecule has 2 aromatic rings. The first-order valence-electron chi connectivity index (χ1n) is 6.12. The summed E-state index contributed by atoms with van der Waals surface area (Å²) in [5.74, 6) is -0.378. The van der Waals surface area contributed by atoms with Crippen molar-refractivity contribution in [2.45, 2.75) is 10.4 Å². The van der Waals surface area contributed by atoms with Gasteiger partial charge in [0.25, 0.3) is 0 Å². The maximum Gasteiger partial charge on any atom is 0.210 e. The Bertz CT molecular complexity index is 568. The van der Waals surface area contributed by atoms with Gasteiger partial charge in [0.15, 0.2) is 0 Å². The number of ether oxygens (including phenoxy) is 1. The van der Waals surface area contributed by atoms with E-state index < -0.39 is 10.4 Å². The average Bonchev–Trinajstić information content (AvgIpc) is 2.49. The summed E-state index contributed by atoms with van der Waals surface area (Å²) in [7, 11) is 1.48. The SMILES string of the molecule is COC(c1ccccc1)C(Cl)(Cl)C(=O)c1ccccc1. The molecule has 20 heavy (non-hydrogen) atoms. The van der Waals surface area contributed by atoms with Crippen LogP contribution in [0.3, 0.4) is 0 Å². The average molecular weight is 309 g/mol. The molecule has 0 amide bonds. The Kier molecular flexibility index (Phi) is 4.81. The van der Waals surface area contributed by atoms with Gasteiger partial charge in [0, 0.05) is 12.7 Å². The summed E-state index contributed by atoms with van der Waals surface area (Å²) in [6.45, 7) is 0. The zero-order valence-electron chi connectivity index (χ0n) is 10.9. The Morgan fingerprint density at radius 3 is 2.00 bits per heavy atom. The Balaban J connectivity index is 2.35. The molecule has 2 rings (SSSR count). The Hall–Kier alpha value is -1.35. The van der Waals surface area contributed by atoms with Crippen molar-refractivity contribution < 1.29 is 9.53 Å². The number of carbonyl (C=O) groups excluding carboxylic acids is 1. The zero-order chi connectivity index (χ0) is 14.6. The molecule has 0 aliphatic rings. The molecule has 2 nitrogen and oxygen atoms in total. The quantitative estimate of drug-likeness (QED) is 0.603. The molecule has 0 fully saturated rings. The third-order valence-electron chi connectivity index (χ3n) is 3.01. The standard InChI is InChI=1S/C16H14Cl2O2/c1-20-15(13-10-6-3-7-11-13)16(17,18)14(19)12-8-4-2-5-9-12/h2-11,15H,1H3. The lowest BCUT2D eigenvalue weighted by Crippen LogP contribution is -2.34. The van der Waals surface area contributed by atoms with Crippen molar-refractivity contribution in [3.63, 3.8) is 0 Å². The molecule has 0 aromatic heterocycles. The predicted molar refractivity (Wildman–Crippen MR) is 81.4 cm³/mol. The number of hydrogen-bond donors (Lipinski definition) is 0. The molecule has 0 saturated heterocycles. The minimum absolute atomic E-state index is 0.378. The summed E-state index contributed by atoms with van der Waals surface area (Å²) in [5, 5.41) is 0. The summed E-state index contributed by atoms with van der Waals surface area (Å²) < 4.78 is 3.68. The zero-order valence-corrected chi connectivity index (χ0v) is 12.4. The molecular weight excluding hydrogens is 295 g/mol. The largest absolute Gasteiger partial charge is 0.373 e. The van der Waals surface area contributed by atoms with Gasteiger partial charge in [-0.3, -0.25) is 4.79 Å². The molecule has 0 N–H and O–H groups in total. The molecule has 0 saturated carbocycles. The fraction of sp³-hybridized carbons (Fsp3) is 0.188. The summed E-state index contributed by atoms with van der Waals surface area (Å²) in [6.07, 6.45) is -0.736. The van der Waals surface area contributed by atoms with Gasteiger partial charge < -0.3 is 4.74 Å². The van der Waals surface area contributed by atoms with Crippen LogP contribution in [0.2, 0.25) is 0 Å². The topological polar surface area (TPSA) is 26.3 Å². The molecule has 0 spiro atoms. The summed E-state index contributed by atoms with van der Waals surface area (Å²) in [4.78, 5) is 12.5. The monoisotopic (exact) mass is 308 g/mol. The van der Waals surface area contributed by atoms with Crippen LogP contribution in [0.1, 0.15) is 22.0 Å². The van der Waals surface area contributed by atoms with Crippen LogP contribution in [0.5, 0.6) is 0 Å². The van der Waals surface area contributed by atoms with Gasteiger partial charge in [-0.15, -0.1) is 0 Å². The van der Waals surface area contributed by atoms with Gasteiger partial charge in [0.1, 0.15) is 6.10 Å².